The smallest absolute Gasteiger partial charge is 0.242 e. The Morgan fingerprint density at radius 1 is 1.44 bits per heavy atom. The van der Waals surface area contributed by atoms with Crippen LogP contribution in [0.5, 0.6) is 0 Å². The third-order valence-corrected chi connectivity index (χ3v) is 3.13. The lowest BCUT2D eigenvalue weighted by atomic mass is 10.1. The summed E-state index contributed by atoms with van der Waals surface area (Å²) in [5.74, 6) is -0.0309. The van der Waals surface area contributed by atoms with E-state index in [4.69, 9.17) is 0 Å². The second-order valence-corrected chi connectivity index (χ2v) is 5.23. The molecule has 0 aliphatic carbocycles. The molecule has 1 unspecified atom stereocenters. The van der Waals surface area contributed by atoms with Gasteiger partial charge in [-0.3, -0.25) is 4.79 Å². The van der Waals surface area contributed by atoms with Gasteiger partial charge in [0, 0.05) is 16.7 Å². The number of nitrogens with one attached hydrogen (secondary N) is 2. The fourth-order valence-electron chi connectivity index (χ4n) is 1.75. The average molecular weight is 311 g/mol. The molecule has 0 saturated heterocycles. The highest BCUT2D eigenvalue weighted by molar-refractivity contribution is 9.10. The summed E-state index contributed by atoms with van der Waals surface area (Å²) in [4.78, 5) is 11.8. The van der Waals surface area contributed by atoms with E-state index in [1.807, 2.05) is 32.9 Å². The number of benzene rings is 1. The highest BCUT2D eigenvalue weighted by Crippen LogP contribution is 2.25. The summed E-state index contributed by atoms with van der Waals surface area (Å²) in [6.07, 6.45) is 1.67. The summed E-state index contributed by atoms with van der Waals surface area (Å²) in [6.45, 7) is 9.95. The van der Waals surface area contributed by atoms with Crippen LogP contribution >= 0.6 is 15.9 Å². The van der Waals surface area contributed by atoms with E-state index in [1.165, 1.54) is 0 Å². The second kappa shape index (κ2) is 6.59. The van der Waals surface area contributed by atoms with Gasteiger partial charge < -0.3 is 10.6 Å². The van der Waals surface area contributed by atoms with Gasteiger partial charge in [0.2, 0.25) is 5.91 Å². The van der Waals surface area contributed by atoms with Crippen molar-refractivity contribution in [2.24, 2.45) is 0 Å². The van der Waals surface area contributed by atoms with Crippen molar-refractivity contribution < 1.29 is 4.79 Å². The van der Waals surface area contributed by atoms with E-state index < -0.39 is 0 Å². The van der Waals surface area contributed by atoms with Crippen molar-refractivity contribution in [3.05, 3.63) is 40.4 Å². The molecule has 2 N–H and O–H groups in total. The number of halogens is 1. The molecule has 1 aromatic carbocycles. The van der Waals surface area contributed by atoms with E-state index in [0.29, 0.717) is 6.54 Å². The number of hydrogen-bond acceptors (Lipinski definition) is 2. The second-order valence-electron chi connectivity index (χ2n) is 4.31. The zero-order valence-corrected chi connectivity index (χ0v) is 12.6. The molecule has 0 bridgehead atoms. The molecule has 0 saturated carbocycles. The first kappa shape index (κ1) is 14.8. The number of hydrogen-bond donors (Lipinski definition) is 2. The van der Waals surface area contributed by atoms with Crippen molar-refractivity contribution in [3.63, 3.8) is 0 Å². The number of carbonyl (C=O) groups excluding carboxylic acids is 1. The quantitative estimate of drug-likeness (QED) is 0.820. The standard InChI is InChI=1S/C14H19BrN2O/c1-5-6-16-14(18)11(4)17-13-9(2)7-12(15)8-10(13)3/h5,7-8,11,17H,1,6H2,2-4H3,(H,16,18). The molecule has 0 radical (unpaired) electrons. The van der Waals surface area contributed by atoms with E-state index >= 15 is 0 Å². The van der Waals surface area contributed by atoms with E-state index in [9.17, 15) is 4.79 Å². The molecule has 0 aliphatic heterocycles. The fraction of sp³-hybridized carbons (Fsp3) is 0.357. The predicted molar refractivity (Wildman–Crippen MR) is 79.9 cm³/mol. The van der Waals surface area contributed by atoms with Crippen molar-refractivity contribution in [2.45, 2.75) is 26.8 Å². The maximum Gasteiger partial charge on any atom is 0.242 e. The van der Waals surface area contributed by atoms with Crippen LogP contribution < -0.4 is 10.6 Å². The first-order valence-corrected chi connectivity index (χ1v) is 6.67. The minimum absolute atomic E-state index is 0.0309. The summed E-state index contributed by atoms with van der Waals surface area (Å²) in [7, 11) is 0. The Kier molecular flexibility index (Phi) is 5.41. The minimum Gasteiger partial charge on any atom is -0.373 e. The molecule has 1 rings (SSSR count). The summed E-state index contributed by atoms with van der Waals surface area (Å²) in [5, 5.41) is 6.02. The van der Waals surface area contributed by atoms with Gasteiger partial charge in [0.05, 0.1) is 0 Å². The normalized spacial score (nSPS) is 11.8. The molecule has 0 heterocycles. The molecule has 0 spiro atoms. The van der Waals surface area contributed by atoms with Gasteiger partial charge in [-0.2, -0.15) is 0 Å². The van der Waals surface area contributed by atoms with Crippen LogP contribution in [0, 0.1) is 13.8 Å². The van der Waals surface area contributed by atoms with Crippen LogP contribution in [0.25, 0.3) is 0 Å². The molecule has 0 aliphatic rings. The van der Waals surface area contributed by atoms with Crippen LogP contribution in [0.2, 0.25) is 0 Å². The number of carbonyl (C=O) groups is 1. The number of anilines is 1. The number of amides is 1. The van der Waals surface area contributed by atoms with Crippen LogP contribution in [0.3, 0.4) is 0 Å². The SMILES string of the molecule is C=CCNC(=O)C(C)Nc1c(C)cc(Br)cc1C. The van der Waals surface area contributed by atoms with Gasteiger partial charge in [0.25, 0.3) is 0 Å². The maximum absolute atomic E-state index is 11.8. The molecule has 0 aromatic heterocycles. The van der Waals surface area contributed by atoms with Crippen LogP contribution in [-0.2, 0) is 4.79 Å². The summed E-state index contributed by atoms with van der Waals surface area (Å²) in [5.41, 5.74) is 3.25. The maximum atomic E-state index is 11.8. The van der Waals surface area contributed by atoms with Gasteiger partial charge in [0.1, 0.15) is 6.04 Å². The molecule has 3 nitrogen and oxygen atoms in total. The van der Waals surface area contributed by atoms with Crippen molar-refractivity contribution in [1.29, 1.82) is 0 Å². The molecule has 1 amide bonds. The van der Waals surface area contributed by atoms with Crippen molar-refractivity contribution in [1.82, 2.24) is 5.32 Å². The Labute approximate surface area is 117 Å². The molecule has 1 atom stereocenters. The minimum atomic E-state index is -0.275. The third-order valence-electron chi connectivity index (χ3n) is 2.67. The molecular weight excluding hydrogens is 292 g/mol. The van der Waals surface area contributed by atoms with Gasteiger partial charge in [-0.05, 0) is 44.0 Å². The van der Waals surface area contributed by atoms with Gasteiger partial charge in [-0.1, -0.05) is 22.0 Å². The Hall–Kier alpha value is -1.29. The number of rotatable bonds is 5. The van der Waals surface area contributed by atoms with Crippen molar-refractivity contribution in [3.8, 4) is 0 Å². The highest BCUT2D eigenvalue weighted by atomic mass is 79.9. The van der Waals surface area contributed by atoms with E-state index in [1.54, 1.807) is 6.08 Å². The van der Waals surface area contributed by atoms with Crippen LogP contribution in [0.1, 0.15) is 18.1 Å². The lowest BCUT2D eigenvalue weighted by molar-refractivity contribution is -0.121. The Balaban J connectivity index is 2.78. The van der Waals surface area contributed by atoms with Gasteiger partial charge in [0.15, 0.2) is 0 Å². The Bertz CT molecular complexity index is 434. The van der Waals surface area contributed by atoms with E-state index in [0.717, 1.165) is 21.3 Å². The highest BCUT2D eigenvalue weighted by Gasteiger charge is 2.14. The van der Waals surface area contributed by atoms with Crippen molar-refractivity contribution >= 4 is 27.5 Å². The largest absolute Gasteiger partial charge is 0.373 e. The van der Waals surface area contributed by atoms with Crippen LogP contribution in [0.4, 0.5) is 5.69 Å². The number of aryl methyl sites for hydroxylation is 2. The van der Waals surface area contributed by atoms with Gasteiger partial charge in [-0.25, -0.2) is 0 Å². The lowest BCUT2D eigenvalue weighted by Gasteiger charge is -2.18. The monoisotopic (exact) mass is 310 g/mol. The van der Waals surface area contributed by atoms with Gasteiger partial charge in [-0.15, -0.1) is 6.58 Å². The van der Waals surface area contributed by atoms with Crippen molar-refractivity contribution in [2.75, 3.05) is 11.9 Å². The molecular formula is C14H19BrN2O. The summed E-state index contributed by atoms with van der Waals surface area (Å²) in [6, 6.07) is 3.79. The molecule has 98 valence electrons. The first-order chi connectivity index (χ1) is 8.45. The lowest BCUT2D eigenvalue weighted by Crippen LogP contribution is -2.37. The van der Waals surface area contributed by atoms with E-state index in [-0.39, 0.29) is 11.9 Å². The molecule has 1 aromatic rings. The molecule has 0 fully saturated rings. The topological polar surface area (TPSA) is 41.1 Å². The predicted octanol–water partition coefficient (Wildman–Crippen LogP) is 3.17. The fourth-order valence-corrected chi connectivity index (χ4v) is 2.43. The first-order valence-electron chi connectivity index (χ1n) is 5.87. The van der Waals surface area contributed by atoms with Crippen LogP contribution in [-0.4, -0.2) is 18.5 Å². The van der Waals surface area contributed by atoms with E-state index in [2.05, 4.69) is 33.1 Å². The van der Waals surface area contributed by atoms with Crippen LogP contribution in [0.15, 0.2) is 29.3 Å². The zero-order chi connectivity index (χ0) is 13.7. The third kappa shape index (κ3) is 3.88. The molecule has 4 heteroatoms. The molecule has 18 heavy (non-hydrogen) atoms. The Morgan fingerprint density at radius 3 is 2.50 bits per heavy atom. The summed E-state index contributed by atoms with van der Waals surface area (Å²) >= 11 is 3.46. The summed E-state index contributed by atoms with van der Waals surface area (Å²) < 4.78 is 1.05. The Morgan fingerprint density at radius 2 is 2.00 bits per heavy atom. The van der Waals surface area contributed by atoms with Gasteiger partial charge >= 0.3 is 0 Å². The average Bonchev–Trinajstić information content (AvgIpc) is 2.30. The zero-order valence-electron chi connectivity index (χ0n) is 11.0.